The second-order valence-corrected chi connectivity index (χ2v) is 4.34. The fourth-order valence-corrected chi connectivity index (χ4v) is 2.00. The molecule has 104 valence electrons. The third-order valence-electron chi connectivity index (χ3n) is 3.04. The van der Waals surface area contributed by atoms with Gasteiger partial charge < -0.3 is 14.2 Å². The van der Waals surface area contributed by atoms with E-state index in [9.17, 15) is 4.79 Å². The van der Waals surface area contributed by atoms with Crippen LogP contribution in [0.2, 0.25) is 0 Å². The molecule has 0 radical (unpaired) electrons. The predicted octanol–water partition coefficient (Wildman–Crippen LogP) is 1.29. The Morgan fingerprint density at radius 2 is 2.10 bits per heavy atom. The third kappa shape index (κ3) is 2.37. The first-order valence-corrected chi connectivity index (χ1v) is 6.25. The van der Waals surface area contributed by atoms with Gasteiger partial charge in [-0.25, -0.2) is 4.68 Å². The summed E-state index contributed by atoms with van der Waals surface area (Å²) in [4.78, 5) is 11.7. The summed E-state index contributed by atoms with van der Waals surface area (Å²) < 4.78 is 17.0. The summed E-state index contributed by atoms with van der Waals surface area (Å²) in [7, 11) is 1.59. The monoisotopic (exact) mass is 274 g/mol. The van der Waals surface area contributed by atoms with E-state index in [0.717, 1.165) is 11.3 Å². The van der Waals surface area contributed by atoms with Gasteiger partial charge in [-0.15, -0.1) is 0 Å². The quantitative estimate of drug-likeness (QED) is 0.840. The minimum Gasteiger partial charge on any atom is -0.454 e. The highest BCUT2D eigenvalue weighted by atomic mass is 16.7. The zero-order valence-corrected chi connectivity index (χ0v) is 11.0. The van der Waals surface area contributed by atoms with Gasteiger partial charge in [0.05, 0.1) is 18.8 Å². The van der Waals surface area contributed by atoms with Crippen molar-refractivity contribution in [2.45, 2.75) is 6.54 Å². The standard InChI is InChI=1S/C14H14N2O4/c1-18-7-6-16-14(17)5-3-11(15-16)10-2-4-12-13(8-10)20-9-19-12/h2-5,8H,6-7,9H2,1H3. The fourth-order valence-electron chi connectivity index (χ4n) is 2.00. The molecule has 1 aromatic heterocycles. The van der Waals surface area contributed by atoms with Gasteiger partial charge in [-0.05, 0) is 24.3 Å². The van der Waals surface area contributed by atoms with E-state index in [0.29, 0.717) is 24.6 Å². The average Bonchev–Trinajstić information content (AvgIpc) is 2.94. The number of hydrogen-bond donors (Lipinski definition) is 0. The highest BCUT2D eigenvalue weighted by Gasteiger charge is 2.14. The molecule has 0 atom stereocenters. The number of benzene rings is 1. The lowest BCUT2D eigenvalue weighted by atomic mass is 10.1. The largest absolute Gasteiger partial charge is 0.454 e. The summed E-state index contributed by atoms with van der Waals surface area (Å²) in [5, 5.41) is 4.33. The topological polar surface area (TPSA) is 62.6 Å². The molecule has 0 spiro atoms. The van der Waals surface area contributed by atoms with Crippen LogP contribution >= 0.6 is 0 Å². The maximum atomic E-state index is 11.7. The Hall–Kier alpha value is -2.34. The summed E-state index contributed by atoms with van der Waals surface area (Å²) in [6, 6.07) is 8.78. The Labute approximate surface area is 115 Å². The molecule has 0 saturated heterocycles. The molecule has 0 amide bonds. The van der Waals surface area contributed by atoms with Crippen LogP contribution in [-0.2, 0) is 11.3 Å². The number of fused-ring (bicyclic) bond motifs is 1. The van der Waals surface area contributed by atoms with Crippen LogP contribution in [0.4, 0.5) is 0 Å². The van der Waals surface area contributed by atoms with Gasteiger partial charge >= 0.3 is 0 Å². The minimum absolute atomic E-state index is 0.147. The van der Waals surface area contributed by atoms with Gasteiger partial charge in [0.25, 0.3) is 5.56 Å². The van der Waals surface area contributed by atoms with Crippen molar-refractivity contribution in [3.63, 3.8) is 0 Å². The van der Waals surface area contributed by atoms with Crippen LogP contribution in [0.25, 0.3) is 11.3 Å². The molecular weight excluding hydrogens is 260 g/mol. The first kappa shape index (κ1) is 12.7. The smallest absolute Gasteiger partial charge is 0.266 e. The van der Waals surface area contributed by atoms with Crippen LogP contribution in [0.15, 0.2) is 35.1 Å². The summed E-state index contributed by atoms with van der Waals surface area (Å²) in [6.45, 7) is 1.10. The second kappa shape index (κ2) is 5.34. The van der Waals surface area contributed by atoms with Gasteiger partial charge in [0.15, 0.2) is 11.5 Å². The lowest BCUT2D eigenvalue weighted by Gasteiger charge is -2.07. The van der Waals surface area contributed by atoms with Crippen LogP contribution in [-0.4, -0.2) is 30.3 Å². The molecule has 0 aliphatic carbocycles. The van der Waals surface area contributed by atoms with E-state index in [-0.39, 0.29) is 12.4 Å². The van der Waals surface area contributed by atoms with Crippen LogP contribution in [0.3, 0.4) is 0 Å². The lowest BCUT2D eigenvalue weighted by molar-refractivity contribution is 0.174. The highest BCUT2D eigenvalue weighted by molar-refractivity contribution is 5.63. The van der Waals surface area contributed by atoms with Crippen molar-refractivity contribution in [1.29, 1.82) is 0 Å². The van der Waals surface area contributed by atoms with E-state index < -0.39 is 0 Å². The van der Waals surface area contributed by atoms with Crippen LogP contribution in [0, 0.1) is 0 Å². The van der Waals surface area contributed by atoms with Crippen molar-refractivity contribution in [2.24, 2.45) is 0 Å². The Balaban J connectivity index is 1.95. The van der Waals surface area contributed by atoms with Crippen molar-refractivity contribution in [2.75, 3.05) is 20.5 Å². The average molecular weight is 274 g/mol. The Bertz CT molecular complexity index is 681. The van der Waals surface area contributed by atoms with Gasteiger partial charge in [-0.3, -0.25) is 4.79 Å². The first-order valence-electron chi connectivity index (χ1n) is 6.25. The molecule has 0 N–H and O–H groups in total. The molecule has 6 nitrogen and oxygen atoms in total. The molecule has 1 aliphatic heterocycles. The van der Waals surface area contributed by atoms with E-state index in [1.54, 1.807) is 13.2 Å². The number of hydrogen-bond acceptors (Lipinski definition) is 5. The van der Waals surface area contributed by atoms with E-state index in [4.69, 9.17) is 14.2 Å². The number of methoxy groups -OCH3 is 1. The molecule has 3 rings (SSSR count). The molecule has 0 saturated carbocycles. The SMILES string of the molecule is COCCn1nc(-c2ccc3c(c2)OCO3)ccc1=O. The lowest BCUT2D eigenvalue weighted by Crippen LogP contribution is -2.24. The number of ether oxygens (including phenoxy) is 3. The van der Waals surface area contributed by atoms with Crippen LogP contribution in [0.5, 0.6) is 11.5 Å². The maximum absolute atomic E-state index is 11.7. The summed E-state index contributed by atoms with van der Waals surface area (Å²) >= 11 is 0. The first-order chi connectivity index (χ1) is 9.78. The van der Waals surface area contributed by atoms with Crippen LogP contribution < -0.4 is 15.0 Å². The van der Waals surface area contributed by atoms with Crippen molar-refractivity contribution in [3.8, 4) is 22.8 Å². The second-order valence-electron chi connectivity index (χ2n) is 4.34. The summed E-state index contributed by atoms with van der Waals surface area (Å²) in [5.41, 5.74) is 1.44. The van der Waals surface area contributed by atoms with Crippen LogP contribution in [0.1, 0.15) is 0 Å². The molecule has 2 aromatic rings. The van der Waals surface area contributed by atoms with Crippen molar-refractivity contribution >= 4 is 0 Å². The zero-order valence-electron chi connectivity index (χ0n) is 11.0. The minimum atomic E-state index is -0.147. The molecule has 20 heavy (non-hydrogen) atoms. The zero-order chi connectivity index (χ0) is 13.9. The molecule has 0 fully saturated rings. The molecular formula is C14H14N2O4. The van der Waals surface area contributed by atoms with E-state index in [1.807, 2.05) is 18.2 Å². The molecule has 2 heterocycles. The van der Waals surface area contributed by atoms with Crippen molar-refractivity contribution < 1.29 is 14.2 Å². The predicted molar refractivity (Wildman–Crippen MR) is 71.9 cm³/mol. The van der Waals surface area contributed by atoms with Crippen molar-refractivity contribution in [3.05, 3.63) is 40.7 Å². The summed E-state index contributed by atoms with van der Waals surface area (Å²) in [5.74, 6) is 1.42. The maximum Gasteiger partial charge on any atom is 0.266 e. The van der Waals surface area contributed by atoms with E-state index in [1.165, 1.54) is 10.7 Å². The van der Waals surface area contributed by atoms with E-state index in [2.05, 4.69) is 5.10 Å². The molecule has 1 aromatic carbocycles. The molecule has 6 heteroatoms. The van der Waals surface area contributed by atoms with Crippen molar-refractivity contribution in [1.82, 2.24) is 9.78 Å². The Morgan fingerprint density at radius 1 is 1.25 bits per heavy atom. The Morgan fingerprint density at radius 3 is 2.95 bits per heavy atom. The number of nitrogens with zero attached hydrogens (tertiary/aromatic N) is 2. The molecule has 0 unspecified atom stereocenters. The normalized spacial score (nSPS) is 12.7. The van der Waals surface area contributed by atoms with Gasteiger partial charge in [0.2, 0.25) is 6.79 Å². The Kier molecular flexibility index (Phi) is 3.39. The highest BCUT2D eigenvalue weighted by Crippen LogP contribution is 2.35. The van der Waals surface area contributed by atoms with Gasteiger partial charge in [0.1, 0.15) is 0 Å². The van der Waals surface area contributed by atoms with Gasteiger partial charge in [0, 0.05) is 18.7 Å². The number of aromatic nitrogens is 2. The molecule has 0 bridgehead atoms. The molecule has 1 aliphatic rings. The van der Waals surface area contributed by atoms with Gasteiger partial charge in [-0.1, -0.05) is 0 Å². The fraction of sp³-hybridized carbons (Fsp3) is 0.286. The number of rotatable bonds is 4. The van der Waals surface area contributed by atoms with Gasteiger partial charge in [-0.2, -0.15) is 5.10 Å². The van der Waals surface area contributed by atoms with E-state index >= 15 is 0 Å². The third-order valence-corrected chi connectivity index (χ3v) is 3.04. The summed E-state index contributed by atoms with van der Waals surface area (Å²) in [6.07, 6.45) is 0.